The average Bonchev–Trinajstić information content (AvgIpc) is 2.39. The molecule has 2 rings (SSSR count). The van der Waals surface area contributed by atoms with Crippen molar-refractivity contribution in [1.82, 2.24) is 0 Å². The lowest BCUT2D eigenvalue weighted by Crippen LogP contribution is -1.92. The van der Waals surface area contributed by atoms with Crippen molar-refractivity contribution in [3.05, 3.63) is 70.8 Å². The summed E-state index contributed by atoms with van der Waals surface area (Å²) < 4.78 is 25.5. The third kappa shape index (κ3) is 5.66. The van der Waals surface area contributed by atoms with Gasteiger partial charge < -0.3 is 0 Å². The maximum absolute atomic E-state index is 13.1. The first-order chi connectivity index (χ1) is 9.81. The molecule has 0 aliphatic heterocycles. The van der Waals surface area contributed by atoms with Crippen LogP contribution in [0, 0.1) is 18.6 Å². The van der Waals surface area contributed by atoms with Crippen molar-refractivity contribution in [2.45, 2.75) is 46.5 Å². The van der Waals surface area contributed by atoms with Gasteiger partial charge in [-0.15, -0.1) is 0 Å². The zero-order valence-corrected chi connectivity index (χ0v) is 13.5. The van der Waals surface area contributed by atoms with Crippen LogP contribution in [0.25, 0.3) is 0 Å². The smallest absolute Gasteiger partial charge is 0.126 e. The highest BCUT2D eigenvalue weighted by Crippen LogP contribution is 2.18. The second-order valence-corrected chi connectivity index (χ2v) is 5.89. The minimum atomic E-state index is -0.163. The summed E-state index contributed by atoms with van der Waals surface area (Å²) in [5.74, 6) is 0.514. The predicted molar refractivity (Wildman–Crippen MR) is 85.7 cm³/mol. The second kappa shape index (κ2) is 7.92. The molecule has 0 N–H and O–H groups in total. The summed E-state index contributed by atoms with van der Waals surface area (Å²) in [4.78, 5) is 0. The zero-order chi connectivity index (χ0) is 16.0. The predicted octanol–water partition coefficient (Wildman–Crippen LogP) is 6.21. The number of hydrogen-bond donors (Lipinski definition) is 0. The molecule has 0 aliphatic carbocycles. The highest BCUT2D eigenvalue weighted by Gasteiger charge is 2.04. The molecular weight excluding hydrogens is 266 g/mol. The summed E-state index contributed by atoms with van der Waals surface area (Å²) in [6, 6.07) is 12.0. The third-order valence-corrected chi connectivity index (χ3v) is 3.31. The van der Waals surface area contributed by atoms with Crippen LogP contribution in [0.3, 0.4) is 0 Å². The molecule has 0 aliphatic rings. The number of halogens is 2. The third-order valence-electron chi connectivity index (χ3n) is 3.31. The van der Waals surface area contributed by atoms with Crippen LogP contribution in [-0.4, -0.2) is 0 Å². The van der Waals surface area contributed by atoms with E-state index in [1.54, 1.807) is 6.07 Å². The molecule has 0 nitrogen and oxygen atoms in total. The molecule has 0 bridgehead atoms. The van der Waals surface area contributed by atoms with Gasteiger partial charge in [-0.3, -0.25) is 0 Å². The van der Waals surface area contributed by atoms with Crippen LogP contribution < -0.4 is 0 Å². The molecule has 2 aromatic rings. The van der Waals surface area contributed by atoms with Crippen LogP contribution in [0.2, 0.25) is 0 Å². The van der Waals surface area contributed by atoms with Crippen molar-refractivity contribution < 1.29 is 8.78 Å². The minimum absolute atomic E-state index is 0.0833. The van der Waals surface area contributed by atoms with Crippen LogP contribution in [0.15, 0.2) is 42.5 Å². The summed E-state index contributed by atoms with van der Waals surface area (Å²) in [7, 11) is 0. The van der Waals surface area contributed by atoms with Gasteiger partial charge in [0.05, 0.1) is 0 Å². The number of rotatable bonds is 2. The van der Waals surface area contributed by atoms with Crippen molar-refractivity contribution in [3.63, 3.8) is 0 Å². The van der Waals surface area contributed by atoms with Gasteiger partial charge in [-0.05, 0) is 53.6 Å². The molecule has 0 aromatic heterocycles. The van der Waals surface area contributed by atoms with E-state index in [1.807, 2.05) is 45.0 Å². The Morgan fingerprint density at radius 2 is 1.33 bits per heavy atom. The summed E-state index contributed by atoms with van der Waals surface area (Å²) in [5, 5.41) is 0. The van der Waals surface area contributed by atoms with E-state index in [2.05, 4.69) is 13.8 Å². The van der Waals surface area contributed by atoms with Gasteiger partial charge in [0.2, 0.25) is 0 Å². The summed E-state index contributed by atoms with van der Waals surface area (Å²) in [6.07, 6.45) is 0. The van der Waals surface area contributed by atoms with Gasteiger partial charge in [-0.1, -0.05) is 52.0 Å². The molecule has 0 amide bonds. The Labute approximate surface area is 126 Å². The zero-order valence-electron chi connectivity index (χ0n) is 13.5. The lowest BCUT2D eigenvalue weighted by atomic mass is 10.0. The molecular formula is C19H24F2. The van der Waals surface area contributed by atoms with E-state index in [0.717, 1.165) is 11.1 Å². The molecule has 2 heteroatoms. The van der Waals surface area contributed by atoms with E-state index in [1.165, 1.54) is 17.7 Å². The Hall–Kier alpha value is -1.70. The van der Waals surface area contributed by atoms with E-state index < -0.39 is 0 Å². The molecule has 0 atom stereocenters. The van der Waals surface area contributed by atoms with Gasteiger partial charge in [0.15, 0.2) is 0 Å². The highest BCUT2D eigenvalue weighted by atomic mass is 19.1. The van der Waals surface area contributed by atoms with Crippen molar-refractivity contribution >= 4 is 0 Å². The van der Waals surface area contributed by atoms with E-state index in [4.69, 9.17) is 0 Å². The van der Waals surface area contributed by atoms with Gasteiger partial charge in [-0.2, -0.15) is 0 Å². The quantitative estimate of drug-likeness (QED) is 0.617. The van der Waals surface area contributed by atoms with Crippen LogP contribution in [-0.2, 0) is 0 Å². The average molecular weight is 290 g/mol. The van der Waals surface area contributed by atoms with Crippen molar-refractivity contribution in [2.75, 3.05) is 0 Å². The number of hydrogen-bond acceptors (Lipinski definition) is 0. The Kier molecular flexibility index (Phi) is 6.54. The van der Waals surface area contributed by atoms with Gasteiger partial charge >= 0.3 is 0 Å². The lowest BCUT2D eigenvalue weighted by molar-refractivity contribution is 0.597. The van der Waals surface area contributed by atoms with Crippen LogP contribution in [0.4, 0.5) is 8.78 Å². The normalized spacial score (nSPS) is 10.5. The van der Waals surface area contributed by atoms with Crippen molar-refractivity contribution in [2.24, 2.45) is 0 Å². The second-order valence-electron chi connectivity index (χ2n) is 5.89. The molecule has 0 fully saturated rings. The minimum Gasteiger partial charge on any atom is -0.207 e. The maximum Gasteiger partial charge on any atom is 0.126 e. The largest absolute Gasteiger partial charge is 0.207 e. The Morgan fingerprint density at radius 1 is 0.762 bits per heavy atom. The molecule has 0 saturated carbocycles. The molecule has 114 valence electrons. The molecule has 2 aromatic carbocycles. The van der Waals surface area contributed by atoms with E-state index in [9.17, 15) is 8.78 Å². The van der Waals surface area contributed by atoms with Crippen molar-refractivity contribution in [3.8, 4) is 0 Å². The number of aryl methyl sites for hydroxylation is 1. The first-order valence-electron chi connectivity index (χ1n) is 7.32. The fourth-order valence-corrected chi connectivity index (χ4v) is 1.95. The van der Waals surface area contributed by atoms with Crippen LogP contribution in [0.1, 0.15) is 56.2 Å². The lowest BCUT2D eigenvalue weighted by Gasteiger charge is -2.06. The van der Waals surface area contributed by atoms with Gasteiger partial charge in [0, 0.05) is 0 Å². The van der Waals surface area contributed by atoms with E-state index >= 15 is 0 Å². The first kappa shape index (κ1) is 17.4. The Morgan fingerprint density at radius 3 is 1.76 bits per heavy atom. The van der Waals surface area contributed by atoms with Crippen LogP contribution >= 0.6 is 0 Å². The summed E-state index contributed by atoms with van der Waals surface area (Å²) in [5.41, 5.74) is 2.96. The van der Waals surface area contributed by atoms with Crippen molar-refractivity contribution in [1.29, 1.82) is 0 Å². The highest BCUT2D eigenvalue weighted by molar-refractivity contribution is 5.25. The fourth-order valence-electron chi connectivity index (χ4n) is 1.95. The standard InChI is InChI=1S/C10H13F.C9H11F/c1-7(2)9-5-4-8(3)6-10(9)11;1-7(2)8-3-5-9(10)6-4-8/h4-7H,1-3H3;3-7H,1-2H3. The Balaban J connectivity index is 0.000000211. The van der Waals surface area contributed by atoms with E-state index in [0.29, 0.717) is 5.92 Å². The summed E-state index contributed by atoms with van der Waals surface area (Å²) in [6.45, 7) is 10.1. The molecule has 0 spiro atoms. The Bertz CT molecular complexity index is 554. The molecule has 21 heavy (non-hydrogen) atoms. The maximum atomic E-state index is 13.1. The van der Waals surface area contributed by atoms with E-state index in [-0.39, 0.29) is 17.6 Å². The molecule has 0 heterocycles. The SMILES string of the molecule is CC(C)c1ccc(F)cc1.Cc1ccc(C(C)C)c(F)c1. The summed E-state index contributed by atoms with van der Waals surface area (Å²) >= 11 is 0. The monoisotopic (exact) mass is 290 g/mol. The molecule has 0 saturated heterocycles. The van der Waals surface area contributed by atoms with Gasteiger partial charge in [-0.25, -0.2) is 8.78 Å². The molecule has 0 unspecified atom stereocenters. The topological polar surface area (TPSA) is 0 Å². The van der Waals surface area contributed by atoms with Gasteiger partial charge in [0.25, 0.3) is 0 Å². The number of benzene rings is 2. The first-order valence-corrected chi connectivity index (χ1v) is 7.32. The van der Waals surface area contributed by atoms with Crippen LogP contribution in [0.5, 0.6) is 0 Å². The van der Waals surface area contributed by atoms with Gasteiger partial charge in [0.1, 0.15) is 11.6 Å². The molecule has 0 radical (unpaired) electrons. The fraction of sp³-hybridized carbons (Fsp3) is 0.368.